The molecule has 0 spiro atoms. The summed E-state index contributed by atoms with van der Waals surface area (Å²) in [5.41, 5.74) is 8.05. The van der Waals surface area contributed by atoms with Gasteiger partial charge in [-0.2, -0.15) is 5.10 Å². The minimum Gasteiger partial charge on any atom is -0.457 e. The van der Waals surface area contributed by atoms with Gasteiger partial charge in [0, 0.05) is 25.7 Å². The van der Waals surface area contributed by atoms with Gasteiger partial charge in [-0.3, -0.25) is 0 Å². The number of rotatable bonds is 3. The highest BCUT2D eigenvalue weighted by molar-refractivity contribution is 5.98. The quantitative estimate of drug-likeness (QED) is 0.410. The summed E-state index contributed by atoms with van der Waals surface area (Å²) in [7, 11) is 1.84. The van der Waals surface area contributed by atoms with E-state index in [1.54, 1.807) is 9.58 Å². The summed E-state index contributed by atoms with van der Waals surface area (Å²) in [5, 5.41) is 5.29. The molecular weight excluding hydrogens is 456 g/mol. The number of anilines is 1. The van der Waals surface area contributed by atoms with Crippen molar-refractivity contribution in [2.24, 2.45) is 7.05 Å². The molecule has 0 bridgehead atoms. The monoisotopic (exact) mass is 488 g/mol. The highest BCUT2D eigenvalue weighted by atomic mass is 16.6. The van der Waals surface area contributed by atoms with Crippen LogP contribution in [0.4, 0.5) is 10.6 Å². The highest BCUT2D eigenvalue weighted by Gasteiger charge is 2.24. The van der Waals surface area contributed by atoms with E-state index < -0.39 is 0 Å². The number of ether oxygens (including phenoxy) is 2. The Morgan fingerprint density at radius 1 is 0.944 bits per heavy atom. The lowest BCUT2D eigenvalue weighted by molar-refractivity contribution is 0.0295. The number of hydrogen-bond acceptors (Lipinski definition) is 7. The van der Waals surface area contributed by atoms with E-state index in [0.29, 0.717) is 11.5 Å². The summed E-state index contributed by atoms with van der Waals surface area (Å²) >= 11 is 0. The van der Waals surface area contributed by atoms with E-state index in [9.17, 15) is 4.79 Å². The molecule has 1 aliphatic rings. The molecule has 2 N–H and O–H groups in total. The van der Waals surface area contributed by atoms with Crippen molar-refractivity contribution < 1.29 is 14.3 Å². The number of aryl methyl sites for hydroxylation is 1. The highest BCUT2D eigenvalue weighted by Crippen LogP contribution is 2.31. The van der Waals surface area contributed by atoms with Crippen molar-refractivity contribution in [2.45, 2.75) is 39.2 Å². The number of aromatic nitrogens is 4. The van der Waals surface area contributed by atoms with Crippen LogP contribution in [-0.4, -0.2) is 49.4 Å². The van der Waals surface area contributed by atoms with Gasteiger partial charge < -0.3 is 20.1 Å². The van der Waals surface area contributed by atoms with Gasteiger partial charge in [-0.25, -0.2) is 19.4 Å². The third-order valence-corrected chi connectivity index (χ3v) is 5.51. The standard InChI is InChI=1S/C18H15N5O.C9H17NO2/c1-23-18-15(17(19)20-11-21-18)16(22-23)12-7-9-14(10-8-12)24-13-5-3-2-4-6-13;1-9(2,3)12-8(11)10-6-4-5-7-10/h2-11H,1H3,(H2,19,20,21);4-7H2,1-3H3. The normalized spacial score (nSPS) is 13.3. The Bertz CT molecular complexity index is 1310. The molecule has 0 saturated carbocycles. The Morgan fingerprint density at radius 2 is 1.58 bits per heavy atom. The van der Waals surface area contributed by atoms with Gasteiger partial charge in [-0.05, 0) is 70.0 Å². The molecule has 188 valence electrons. The van der Waals surface area contributed by atoms with Crippen molar-refractivity contribution in [3.8, 4) is 22.8 Å². The largest absolute Gasteiger partial charge is 0.457 e. The molecule has 4 aromatic rings. The zero-order chi connectivity index (χ0) is 25.7. The molecule has 0 radical (unpaired) electrons. The van der Waals surface area contributed by atoms with Crippen LogP contribution in [0.1, 0.15) is 33.6 Å². The van der Waals surface area contributed by atoms with Gasteiger partial charge >= 0.3 is 6.09 Å². The number of para-hydroxylation sites is 1. The van der Waals surface area contributed by atoms with E-state index in [4.69, 9.17) is 15.2 Å². The first-order valence-electron chi connectivity index (χ1n) is 12.0. The number of amides is 1. The Hall–Kier alpha value is -4.14. The molecule has 0 aliphatic carbocycles. The van der Waals surface area contributed by atoms with E-state index in [0.717, 1.165) is 54.1 Å². The van der Waals surface area contributed by atoms with Crippen LogP contribution in [-0.2, 0) is 11.8 Å². The van der Waals surface area contributed by atoms with Crippen LogP contribution in [0.5, 0.6) is 11.5 Å². The molecule has 5 rings (SSSR count). The van der Waals surface area contributed by atoms with E-state index in [-0.39, 0.29) is 11.7 Å². The average Bonchev–Trinajstić information content (AvgIpc) is 3.49. The fourth-order valence-electron chi connectivity index (χ4n) is 3.84. The molecule has 0 unspecified atom stereocenters. The maximum atomic E-state index is 11.4. The van der Waals surface area contributed by atoms with Gasteiger partial charge in [0.05, 0.1) is 5.39 Å². The van der Waals surface area contributed by atoms with Crippen molar-refractivity contribution in [3.63, 3.8) is 0 Å². The van der Waals surface area contributed by atoms with Crippen molar-refractivity contribution in [1.82, 2.24) is 24.6 Å². The topological polar surface area (TPSA) is 108 Å². The predicted octanol–water partition coefficient (Wildman–Crippen LogP) is 5.42. The lowest BCUT2D eigenvalue weighted by Crippen LogP contribution is -2.34. The first-order valence-corrected chi connectivity index (χ1v) is 12.0. The number of nitrogens with zero attached hydrogens (tertiary/aromatic N) is 5. The van der Waals surface area contributed by atoms with Crippen LogP contribution in [0.25, 0.3) is 22.3 Å². The average molecular weight is 489 g/mol. The second-order valence-electron chi connectivity index (χ2n) is 9.54. The summed E-state index contributed by atoms with van der Waals surface area (Å²) in [4.78, 5) is 21.4. The SMILES string of the molecule is CC(C)(C)OC(=O)N1CCCC1.Cn1nc(-c2ccc(Oc3ccccc3)cc2)c2c(N)ncnc21. The first-order chi connectivity index (χ1) is 17.2. The molecule has 0 atom stereocenters. The summed E-state index contributed by atoms with van der Waals surface area (Å²) in [6.45, 7) is 7.38. The van der Waals surface area contributed by atoms with E-state index in [1.165, 1.54) is 6.33 Å². The first kappa shape index (κ1) is 25.0. The van der Waals surface area contributed by atoms with E-state index in [2.05, 4.69) is 15.1 Å². The maximum Gasteiger partial charge on any atom is 0.410 e. The van der Waals surface area contributed by atoms with Gasteiger partial charge in [0.2, 0.25) is 0 Å². The Morgan fingerprint density at radius 3 is 2.22 bits per heavy atom. The number of likely N-dealkylation sites (tertiary alicyclic amines) is 1. The van der Waals surface area contributed by atoms with Crippen molar-refractivity contribution in [1.29, 1.82) is 0 Å². The van der Waals surface area contributed by atoms with Gasteiger partial charge in [-0.15, -0.1) is 0 Å². The van der Waals surface area contributed by atoms with Crippen LogP contribution in [0, 0.1) is 0 Å². The number of nitrogens with two attached hydrogens (primary N) is 1. The molecule has 36 heavy (non-hydrogen) atoms. The minimum atomic E-state index is -0.361. The van der Waals surface area contributed by atoms with Gasteiger partial charge in [0.15, 0.2) is 5.65 Å². The molecule has 2 aromatic heterocycles. The Balaban J connectivity index is 0.000000214. The predicted molar refractivity (Wildman–Crippen MR) is 140 cm³/mol. The minimum absolute atomic E-state index is 0.167. The van der Waals surface area contributed by atoms with Crippen LogP contribution in [0.3, 0.4) is 0 Å². The third kappa shape index (κ3) is 6.10. The Kier molecular flexibility index (Phi) is 7.38. The molecule has 1 aliphatic heterocycles. The summed E-state index contributed by atoms with van der Waals surface area (Å²) in [6, 6.07) is 17.4. The van der Waals surface area contributed by atoms with Crippen LogP contribution < -0.4 is 10.5 Å². The smallest absolute Gasteiger partial charge is 0.410 e. The summed E-state index contributed by atoms with van der Waals surface area (Å²) < 4.78 is 12.7. The van der Waals surface area contributed by atoms with E-state index >= 15 is 0 Å². The zero-order valence-electron chi connectivity index (χ0n) is 21.1. The summed E-state index contributed by atoms with van der Waals surface area (Å²) in [5.74, 6) is 1.98. The fraction of sp³-hybridized carbons (Fsp3) is 0.333. The zero-order valence-corrected chi connectivity index (χ0v) is 21.1. The molecule has 1 amide bonds. The number of fused-ring (bicyclic) bond motifs is 1. The number of hydrogen-bond donors (Lipinski definition) is 1. The summed E-state index contributed by atoms with van der Waals surface area (Å²) in [6.07, 6.45) is 3.50. The second kappa shape index (κ2) is 10.6. The number of carbonyl (C=O) groups excluding carboxylic acids is 1. The Labute approximate surface area is 210 Å². The molecule has 2 aromatic carbocycles. The molecular formula is C27H32N6O3. The van der Waals surface area contributed by atoms with Crippen molar-refractivity contribution >= 4 is 22.9 Å². The second-order valence-corrected chi connectivity index (χ2v) is 9.54. The molecule has 3 heterocycles. The van der Waals surface area contributed by atoms with Crippen LogP contribution >= 0.6 is 0 Å². The third-order valence-electron chi connectivity index (χ3n) is 5.51. The van der Waals surface area contributed by atoms with E-state index in [1.807, 2.05) is 82.4 Å². The lowest BCUT2D eigenvalue weighted by atomic mass is 10.1. The maximum absolute atomic E-state index is 11.4. The van der Waals surface area contributed by atoms with Crippen molar-refractivity contribution in [3.05, 3.63) is 60.9 Å². The number of nitrogen functional groups attached to an aromatic ring is 1. The van der Waals surface area contributed by atoms with Gasteiger partial charge in [0.1, 0.15) is 34.9 Å². The van der Waals surface area contributed by atoms with Gasteiger partial charge in [-0.1, -0.05) is 18.2 Å². The van der Waals surface area contributed by atoms with Crippen molar-refractivity contribution in [2.75, 3.05) is 18.8 Å². The fourth-order valence-corrected chi connectivity index (χ4v) is 3.84. The molecule has 9 nitrogen and oxygen atoms in total. The molecule has 9 heteroatoms. The molecule has 1 fully saturated rings. The lowest BCUT2D eigenvalue weighted by Gasteiger charge is -2.23. The molecule has 1 saturated heterocycles. The number of benzene rings is 2. The van der Waals surface area contributed by atoms with Crippen LogP contribution in [0.15, 0.2) is 60.9 Å². The van der Waals surface area contributed by atoms with Gasteiger partial charge in [0.25, 0.3) is 0 Å². The van der Waals surface area contributed by atoms with Crippen LogP contribution in [0.2, 0.25) is 0 Å². The number of carbonyl (C=O) groups is 1.